The Labute approximate surface area is 92.2 Å². The van der Waals surface area contributed by atoms with Gasteiger partial charge in [0.2, 0.25) is 5.91 Å². The molecule has 3 nitrogen and oxygen atoms in total. The zero-order chi connectivity index (χ0) is 10.7. The summed E-state index contributed by atoms with van der Waals surface area (Å²) in [5, 5.41) is 2.77. The fourth-order valence-corrected chi connectivity index (χ4v) is 3.01. The van der Waals surface area contributed by atoms with E-state index in [2.05, 4.69) is 10.2 Å². The molecule has 1 aliphatic carbocycles. The van der Waals surface area contributed by atoms with Crippen molar-refractivity contribution < 1.29 is 4.79 Å². The molecule has 1 saturated carbocycles. The van der Waals surface area contributed by atoms with Crippen LogP contribution >= 0.6 is 0 Å². The molecule has 0 spiro atoms. The second-order valence-corrected chi connectivity index (χ2v) is 4.86. The van der Waals surface area contributed by atoms with Gasteiger partial charge in [-0.15, -0.1) is 0 Å². The lowest BCUT2D eigenvalue weighted by Gasteiger charge is -2.33. The minimum absolute atomic E-state index is 0.245. The molecule has 15 heavy (non-hydrogen) atoms. The van der Waals surface area contributed by atoms with Crippen molar-refractivity contribution in [1.29, 1.82) is 0 Å². The summed E-state index contributed by atoms with van der Waals surface area (Å²) in [6.07, 6.45) is 7.35. The lowest BCUT2D eigenvalue weighted by molar-refractivity contribution is -0.125. The van der Waals surface area contributed by atoms with E-state index in [1.165, 1.54) is 38.8 Å². The van der Waals surface area contributed by atoms with Gasteiger partial charge >= 0.3 is 0 Å². The topological polar surface area (TPSA) is 32.3 Å². The smallest absolute Gasteiger partial charge is 0.222 e. The number of rotatable bonds is 2. The third-order valence-corrected chi connectivity index (χ3v) is 3.97. The van der Waals surface area contributed by atoms with Crippen LogP contribution in [0.3, 0.4) is 0 Å². The maximum absolute atomic E-state index is 11.5. The van der Waals surface area contributed by atoms with E-state index in [9.17, 15) is 4.79 Å². The van der Waals surface area contributed by atoms with Crippen LogP contribution in [0, 0.1) is 5.92 Å². The first-order chi connectivity index (χ1) is 7.31. The highest BCUT2D eigenvalue weighted by atomic mass is 16.1. The third-order valence-electron chi connectivity index (χ3n) is 3.97. The number of carbonyl (C=O) groups excluding carboxylic acids is 1. The normalized spacial score (nSPS) is 32.9. The molecule has 2 aliphatic rings. The van der Waals surface area contributed by atoms with Crippen LogP contribution < -0.4 is 5.32 Å². The van der Waals surface area contributed by atoms with Crippen molar-refractivity contribution in [3.63, 3.8) is 0 Å². The molecule has 0 aromatic carbocycles. The fraction of sp³-hybridized carbons (Fsp3) is 0.917. The Hall–Kier alpha value is -0.570. The summed E-state index contributed by atoms with van der Waals surface area (Å²) >= 11 is 0. The van der Waals surface area contributed by atoms with E-state index in [4.69, 9.17) is 0 Å². The van der Waals surface area contributed by atoms with Crippen molar-refractivity contribution in [3.05, 3.63) is 0 Å². The van der Waals surface area contributed by atoms with Crippen LogP contribution in [0.25, 0.3) is 0 Å². The van der Waals surface area contributed by atoms with Crippen LogP contribution in [0.2, 0.25) is 0 Å². The average molecular weight is 210 g/mol. The maximum atomic E-state index is 11.5. The Morgan fingerprint density at radius 1 is 1.13 bits per heavy atom. The highest BCUT2D eigenvalue weighted by Gasteiger charge is 2.29. The molecule has 2 fully saturated rings. The van der Waals surface area contributed by atoms with Gasteiger partial charge in [0.25, 0.3) is 0 Å². The summed E-state index contributed by atoms with van der Waals surface area (Å²) in [5.74, 6) is 0.531. The fourth-order valence-electron chi connectivity index (χ4n) is 3.01. The van der Waals surface area contributed by atoms with Crippen LogP contribution in [0.15, 0.2) is 0 Å². The average Bonchev–Trinajstić information content (AvgIpc) is 2.82. The van der Waals surface area contributed by atoms with Crippen molar-refractivity contribution in [3.8, 4) is 0 Å². The van der Waals surface area contributed by atoms with Gasteiger partial charge in [-0.25, -0.2) is 0 Å². The number of carbonyl (C=O) groups is 1. The van der Waals surface area contributed by atoms with E-state index in [1.807, 2.05) is 0 Å². The summed E-state index contributed by atoms with van der Waals surface area (Å²) in [5.41, 5.74) is 0. The standard InChI is InChI=1S/C12H22N2O/c1-13-12(15)10-4-6-11(7-5-10)14-8-2-3-9-14/h10-11H,2-9H2,1H3,(H,13,15)/t10-,11+. The number of hydrogen-bond donors (Lipinski definition) is 1. The SMILES string of the molecule is CNC(=O)[C@H]1CC[C@@H](N2CCCC2)CC1. The molecule has 0 unspecified atom stereocenters. The molecular weight excluding hydrogens is 188 g/mol. The molecule has 1 saturated heterocycles. The molecule has 1 aliphatic heterocycles. The quantitative estimate of drug-likeness (QED) is 0.747. The Bertz CT molecular complexity index is 216. The van der Waals surface area contributed by atoms with Crippen molar-refractivity contribution >= 4 is 5.91 Å². The second-order valence-electron chi connectivity index (χ2n) is 4.86. The molecule has 0 radical (unpaired) electrons. The number of amides is 1. The Balaban J connectivity index is 1.78. The van der Waals surface area contributed by atoms with Gasteiger partial charge in [0.1, 0.15) is 0 Å². The molecule has 3 heteroatoms. The van der Waals surface area contributed by atoms with E-state index in [0.717, 1.165) is 18.9 Å². The first-order valence-corrected chi connectivity index (χ1v) is 6.27. The van der Waals surface area contributed by atoms with Crippen molar-refractivity contribution in [2.75, 3.05) is 20.1 Å². The van der Waals surface area contributed by atoms with E-state index >= 15 is 0 Å². The van der Waals surface area contributed by atoms with Crippen LogP contribution in [0.1, 0.15) is 38.5 Å². The zero-order valence-electron chi connectivity index (χ0n) is 9.67. The van der Waals surface area contributed by atoms with Crippen LogP contribution in [0.5, 0.6) is 0 Å². The van der Waals surface area contributed by atoms with Crippen LogP contribution in [-0.2, 0) is 4.79 Å². The molecule has 86 valence electrons. The van der Waals surface area contributed by atoms with Crippen molar-refractivity contribution in [2.24, 2.45) is 5.92 Å². The van der Waals surface area contributed by atoms with Gasteiger partial charge in [0, 0.05) is 19.0 Å². The molecule has 0 aromatic rings. The van der Waals surface area contributed by atoms with Gasteiger partial charge in [-0.2, -0.15) is 0 Å². The van der Waals surface area contributed by atoms with E-state index < -0.39 is 0 Å². The van der Waals surface area contributed by atoms with Gasteiger partial charge < -0.3 is 10.2 Å². The van der Waals surface area contributed by atoms with Gasteiger partial charge in [0.15, 0.2) is 0 Å². The predicted octanol–water partition coefficient (Wildman–Crippen LogP) is 1.39. The summed E-state index contributed by atoms with van der Waals surface area (Å²) in [7, 11) is 1.74. The predicted molar refractivity (Wildman–Crippen MR) is 60.6 cm³/mol. The number of nitrogens with one attached hydrogen (secondary N) is 1. The summed E-state index contributed by atoms with van der Waals surface area (Å²) in [6.45, 7) is 2.57. The van der Waals surface area contributed by atoms with Crippen LogP contribution in [0.4, 0.5) is 0 Å². The second kappa shape index (κ2) is 4.97. The van der Waals surface area contributed by atoms with Crippen molar-refractivity contribution in [2.45, 2.75) is 44.6 Å². The highest BCUT2D eigenvalue weighted by molar-refractivity contribution is 5.78. The van der Waals surface area contributed by atoms with Gasteiger partial charge in [-0.05, 0) is 51.6 Å². The minimum Gasteiger partial charge on any atom is -0.359 e. The molecule has 0 aromatic heterocycles. The first kappa shape index (κ1) is 10.9. The minimum atomic E-state index is 0.245. The monoisotopic (exact) mass is 210 g/mol. The van der Waals surface area contributed by atoms with Gasteiger partial charge in [0.05, 0.1) is 0 Å². The molecule has 1 N–H and O–H groups in total. The molecule has 0 atom stereocenters. The molecular formula is C12H22N2O. The lowest BCUT2D eigenvalue weighted by Crippen LogP contribution is -2.39. The maximum Gasteiger partial charge on any atom is 0.222 e. The third kappa shape index (κ3) is 2.51. The van der Waals surface area contributed by atoms with Gasteiger partial charge in [-0.1, -0.05) is 0 Å². The number of hydrogen-bond acceptors (Lipinski definition) is 2. The lowest BCUT2D eigenvalue weighted by atomic mass is 9.85. The summed E-state index contributed by atoms with van der Waals surface area (Å²) < 4.78 is 0. The molecule has 2 rings (SSSR count). The summed E-state index contributed by atoms with van der Waals surface area (Å²) in [6, 6.07) is 0.772. The molecule has 0 bridgehead atoms. The highest BCUT2D eigenvalue weighted by Crippen LogP contribution is 2.29. The Morgan fingerprint density at radius 2 is 1.73 bits per heavy atom. The zero-order valence-corrected chi connectivity index (χ0v) is 9.67. The summed E-state index contributed by atoms with van der Waals surface area (Å²) in [4.78, 5) is 14.1. The number of likely N-dealkylation sites (tertiary alicyclic amines) is 1. The number of nitrogens with zero attached hydrogens (tertiary/aromatic N) is 1. The van der Waals surface area contributed by atoms with Crippen LogP contribution in [-0.4, -0.2) is 37.0 Å². The largest absolute Gasteiger partial charge is 0.359 e. The molecule has 1 heterocycles. The van der Waals surface area contributed by atoms with E-state index in [0.29, 0.717) is 0 Å². The molecule has 1 amide bonds. The first-order valence-electron chi connectivity index (χ1n) is 6.27. The van der Waals surface area contributed by atoms with Crippen molar-refractivity contribution in [1.82, 2.24) is 10.2 Å². The van der Waals surface area contributed by atoms with Gasteiger partial charge in [-0.3, -0.25) is 4.79 Å². The Kier molecular flexibility index (Phi) is 3.62. The van der Waals surface area contributed by atoms with E-state index in [-0.39, 0.29) is 11.8 Å². The van der Waals surface area contributed by atoms with E-state index in [1.54, 1.807) is 7.05 Å². The Morgan fingerprint density at radius 3 is 2.27 bits per heavy atom.